The van der Waals surface area contributed by atoms with E-state index in [0.29, 0.717) is 58.2 Å². The third-order valence-electron chi connectivity index (χ3n) is 7.16. The number of allylic oxidation sites excluding steroid dienone is 2. The lowest BCUT2D eigenvalue weighted by atomic mass is 9.73. The third-order valence-corrected chi connectivity index (χ3v) is 7.48. The van der Waals surface area contributed by atoms with Crippen LogP contribution < -0.4 is 14.4 Å². The van der Waals surface area contributed by atoms with E-state index in [2.05, 4.69) is 0 Å². The van der Waals surface area contributed by atoms with Gasteiger partial charge in [-0.15, -0.1) is 0 Å². The second kappa shape index (κ2) is 9.12. The summed E-state index contributed by atoms with van der Waals surface area (Å²) in [5, 5.41) is 21.6. The fourth-order valence-electron chi connectivity index (χ4n) is 5.38. The summed E-state index contributed by atoms with van der Waals surface area (Å²) in [5.41, 5.74) is 4.66. The number of nitrogens with one attached hydrogen (secondary N) is 1. The van der Waals surface area contributed by atoms with E-state index in [1.807, 2.05) is 67.6 Å². The van der Waals surface area contributed by atoms with Crippen LogP contribution in [0.2, 0.25) is 5.02 Å². The number of carbonyl (C=O) groups is 1. The standard InChI is InChI=1S/C30H25ClN2O4/c1-17-9-11-18(12-10-17)29(35)28-26(19-13-14-24-25(15-19)37-16-36-24)27-22(7-4-8-23(27)34)33(30(28)32)21-6-3-2-5-20(21)31/h2-3,5-6,9-15,26,32,35H,4,7-8,16H2,1H3/b29-28+,32-30?. The molecule has 7 heteroatoms. The lowest BCUT2D eigenvalue weighted by Crippen LogP contribution is -2.42. The molecule has 1 unspecified atom stereocenters. The summed E-state index contributed by atoms with van der Waals surface area (Å²) in [6, 6.07) is 20.3. The highest BCUT2D eigenvalue weighted by atomic mass is 35.5. The highest BCUT2D eigenvalue weighted by Crippen LogP contribution is 2.50. The molecule has 0 fully saturated rings. The van der Waals surface area contributed by atoms with Crippen molar-refractivity contribution in [2.45, 2.75) is 32.1 Å². The van der Waals surface area contributed by atoms with Gasteiger partial charge in [0.05, 0.1) is 10.7 Å². The predicted octanol–water partition coefficient (Wildman–Crippen LogP) is 6.93. The molecule has 1 atom stereocenters. The molecule has 186 valence electrons. The first-order valence-corrected chi connectivity index (χ1v) is 12.6. The maximum atomic E-state index is 13.6. The lowest BCUT2D eigenvalue weighted by molar-refractivity contribution is -0.116. The van der Waals surface area contributed by atoms with E-state index >= 15 is 0 Å². The smallest absolute Gasteiger partial charge is 0.231 e. The number of Topliss-reactive ketones (excluding diaryl/α,β-unsaturated/α-hetero) is 1. The maximum absolute atomic E-state index is 13.6. The molecule has 3 aromatic carbocycles. The number of rotatable bonds is 3. The zero-order chi connectivity index (χ0) is 25.7. The maximum Gasteiger partial charge on any atom is 0.231 e. The van der Waals surface area contributed by atoms with Crippen molar-refractivity contribution in [1.82, 2.24) is 0 Å². The van der Waals surface area contributed by atoms with Crippen molar-refractivity contribution >= 4 is 34.7 Å². The van der Waals surface area contributed by atoms with E-state index < -0.39 is 5.92 Å². The molecule has 37 heavy (non-hydrogen) atoms. The van der Waals surface area contributed by atoms with Crippen molar-refractivity contribution in [2.24, 2.45) is 0 Å². The number of aliphatic hydroxyl groups is 1. The molecule has 0 bridgehead atoms. The summed E-state index contributed by atoms with van der Waals surface area (Å²) in [6.45, 7) is 2.10. The molecule has 1 aliphatic carbocycles. The van der Waals surface area contributed by atoms with Crippen molar-refractivity contribution in [3.05, 3.63) is 105 Å². The topological polar surface area (TPSA) is 82.9 Å². The van der Waals surface area contributed by atoms with Gasteiger partial charge in [-0.25, -0.2) is 0 Å². The number of ether oxygens (including phenoxy) is 2. The van der Waals surface area contributed by atoms with Crippen molar-refractivity contribution in [1.29, 1.82) is 5.41 Å². The number of amidine groups is 1. The quantitative estimate of drug-likeness (QED) is 0.371. The number of halogens is 1. The van der Waals surface area contributed by atoms with Crippen LogP contribution in [-0.2, 0) is 4.79 Å². The van der Waals surface area contributed by atoms with Crippen LogP contribution in [0.25, 0.3) is 5.76 Å². The second-order valence-electron chi connectivity index (χ2n) is 9.45. The number of nitrogens with zero attached hydrogens (tertiary/aromatic N) is 1. The Morgan fingerprint density at radius 1 is 1.03 bits per heavy atom. The van der Waals surface area contributed by atoms with Crippen molar-refractivity contribution < 1.29 is 19.4 Å². The van der Waals surface area contributed by atoms with Gasteiger partial charge >= 0.3 is 0 Å². The fraction of sp³-hybridized carbons (Fsp3) is 0.200. The molecule has 0 radical (unpaired) electrons. The summed E-state index contributed by atoms with van der Waals surface area (Å²) >= 11 is 6.61. The average molecular weight is 513 g/mol. The molecular formula is C30H25ClN2O4. The number of fused-ring (bicyclic) bond motifs is 1. The molecule has 3 aliphatic rings. The Hall–Kier alpha value is -4.03. The van der Waals surface area contributed by atoms with Gasteiger partial charge in [-0.1, -0.05) is 59.6 Å². The highest BCUT2D eigenvalue weighted by molar-refractivity contribution is 6.34. The number of anilines is 1. The molecule has 2 heterocycles. The first-order valence-electron chi connectivity index (χ1n) is 12.2. The Morgan fingerprint density at radius 2 is 1.78 bits per heavy atom. The summed E-state index contributed by atoms with van der Waals surface area (Å²) in [6.07, 6.45) is 1.71. The van der Waals surface area contributed by atoms with Crippen LogP contribution in [0, 0.1) is 12.3 Å². The van der Waals surface area contributed by atoms with Crippen LogP contribution >= 0.6 is 11.6 Å². The Morgan fingerprint density at radius 3 is 2.57 bits per heavy atom. The number of aryl methyl sites for hydroxylation is 1. The largest absolute Gasteiger partial charge is 0.507 e. The monoisotopic (exact) mass is 512 g/mol. The van der Waals surface area contributed by atoms with Crippen molar-refractivity contribution in [3.63, 3.8) is 0 Å². The van der Waals surface area contributed by atoms with Gasteiger partial charge in [0.2, 0.25) is 6.79 Å². The summed E-state index contributed by atoms with van der Waals surface area (Å²) < 4.78 is 11.1. The number of hydrogen-bond donors (Lipinski definition) is 2. The van der Waals surface area contributed by atoms with Crippen LogP contribution in [0.15, 0.2) is 83.6 Å². The molecule has 0 amide bonds. The molecular weight excluding hydrogens is 488 g/mol. The molecule has 0 saturated heterocycles. The zero-order valence-corrected chi connectivity index (χ0v) is 21.0. The normalized spacial score (nSPS) is 20.3. The zero-order valence-electron chi connectivity index (χ0n) is 20.3. The van der Waals surface area contributed by atoms with E-state index in [9.17, 15) is 15.3 Å². The number of aliphatic hydroxyl groups excluding tert-OH is 1. The van der Waals surface area contributed by atoms with E-state index in [1.165, 1.54) is 0 Å². The Kier molecular flexibility index (Phi) is 5.76. The minimum absolute atomic E-state index is 0.00248. The van der Waals surface area contributed by atoms with Crippen LogP contribution in [0.4, 0.5) is 5.69 Å². The van der Waals surface area contributed by atoms with Gasteiger partial charge in [-0.3, -0.25) is 15.1 Å². The number of hydrogen-bond acceptors (Lipinski definition) is 5. The number of benzene rings is 3. The van der Waals surface area contributed by atoms with Crippen molar-refractivity contribution in [3.8, 4) is 11.5 Å². The number of ketones is 1. The molecule has 0 saturated carbocycles. The Balaban J connectivity index is 1.65. The van der Waals surface area contributed by atoms with Crippen LogP contribution in [0.5, 0.6) is 11.5 Å². The molecule has 0 aromatic heterocycles. The minimum Gasteiger partial charge on any atom is -0.507 e. The number of carbonyl (C=O) groups excluding carboxylic acids is 1. The SMILES string of the molecule is Cc1ccc(/C(O)=C2\C(=N)N(c3ccccc3Cl)C3=C(C(=O)CCC3)C2c2ccc3c(c2)OCO3)cc1. The van der Waals surface area contributed by atoms with E-state index in [0.717, 1.165) is 16.8 Å². The Labute approximate surface area is 219 Å². The average Bonchev–Trinajstić information content (AvgIpc) is 3.37. The van der Waals surface area contributed by atoms with Gasteiger partial charge in [-0.05, 0) is 49.6 Å². The minimum atomic E-state index is -0.648. The predicted molar refractivity (Wildman–Crippen MR) is 144 cm³/mol. The lowest BCUT2D eigenvalue weighted by Gasteiger charge is -2.42. The van der Waals surface area contributed by atoms with Crippen LogP contribution in [-0.4, -0.2) is 23.5 Å². The fourth-order valence-corrected chi connectivity index (χ4v) is 5.60. The summed E-state index contributed by atoms with van der Waals surface area (Å²) in [4.78, 5) is 15.3. The first-order chi connectivity index (χ1) is 17.9. The van der Waals surface area contributed by atoms with Gasteiger partial charge < -0.3 is 14.6 Å². The van der Waals surface area contributed by atoms with Crippen LogP contribution in [0.3, 0.4) is 0 Å². The molecule has 0 spiro atoms. The molecule has 6 rings (SSSR count). The molecule has 6 nitrogen and oxygen atoms in total. The highest BCUT2D eigenvalue weighted by Gasteiger charge is 2.44. The summed E-state index contributed by atoms with van der Waals surface area (Å²) in [5.74, 6) is 0.603. The van der Waals surface area contributed by atoms with Crippen molar-refractivity contribution in [2.75, 3.05) is 11.7 Å². The van der Waals surface area contributed by atoms with Gasteiger partial charge in [-0.2, -0.15) is 0 Å². The molecule has 3 aromatic rings. The van der Waals surface area contributed by atoms with Gasteiger partial charge in [0.15, 0.2) is 17.3 Å². The first kappa shape index (κ1) is 23.4. The van der Waals surface area contributed by atoms with Gasteiger partial charge in [0.1, 0.15) is 11.6 Å². The molecule has 2 N–H and O–H groups in total. The van der Waals surface area contributed by atoms with Gasteiger partial charge in [0.25, 0.3) is 0 Å². The number of para-hydroxylation sites is 1. The third kappa shape index (κ3) is 3.89. The summed E-state index contributed by atoms with van der Waals surface area (Å²) in [7, 11) is 0. The van der Waals surface area contributed by atoms with E-state index in [-0.39, 0.29) is 24.2 Å². The second-order valence-corrected chi connectivity index (χ2v) is 9.85. The Bertz CT molecular complexity index is 1510. The molecule has 2 aliphatic heterocycles. The van der Waals surface area contributed by atoms with Crippen LogP contribution in [0.1, 0.15) is 41.9 Å². The van der Waals surface area contributed by atoms with E-state index in [1.54, 1.807) is 11.0 Å². The van der Waals surface area contributed by atoms with Gasteiger partial charge in [0, 0.05) is 34.7 Å². The van der Waals surface area contributed by atoms with E-state index in [4.69, 9.17) is 21.1 Å².